The number of benzene rings is 2. The van der Waals surface area contributed by atoms with Crippen molar-refractivity contribution in [3.63, 3.8) is 0 Å². The summed E-state index contributed by atoms with van der Waals surface area (Å²) >= 11 is 0. The van der Waals surface area contributed by atoms with Gasteiger partial charge in [-0.05, 0) is 37.0 Å². The van der Waals surface area contributed by atoms with Gasteiger partial charge in [-0.1, -0.05) is 48.5 Å². The summed E-state index contributed by atoms with van der Waals surface area (Å²) in [5.41, 5.74) is 3.54. The Kier molecular flexibility index (Phi) is 5.96. The average molecular weight is 458 g/mol. The predicted octanol–water partition coefficient (Wildman–Crippen LogP) is 3.75. The topological polar surface area (TPSA) is 70.5 Å². The van der Waals surface area contributed by atoms with Crippen molar-refractivity contribution in [2.24, 2.45) is 7.05 Å². The number of aryl methyl sites for hydroxylation is 2. The van der Waals surface area contributed by atoms with Crippen molar-refractivity contribution in [3.8, 4) is 0 Å². The highest BCUT2D eigenvalue weighted by Gasteiger charge is 2.46. The zero-order valence-corrected chi connectivity index (χ0v) is 19.8. The van der Waals surface area contributed by atoms with Crippen molar-refractivity contribution in [2.45, 2.75) is 44.8 Å². The van der Waals surface area contributed by atoms with Crippen molar-refractivity contribution >= 4 is 17.6 Å². The van der Waals surface area contributed by atoms with Crippen LogP contribution >= 0.6 is 0 Å². The minimum atomic E-state index is -0.517. The highest BCUT2D eigenvalue weighted by atomic mass is 16.2. The summed E-state index contributed by atoms with van der Waals surface area (Å²) in [4.78, 5) is 31.0. The number of piperidine rings is 1. The molecule has 1 aromatic heterocycles. The Hall–Kier alpha value is -3.45. The largest absolute Gasteiger partial charge is 0.328 e. The second kappa shape index (κ2) is 9.06. The van der Waals surface area contributed by atoms with E-state index in [0.717, 1.165) is 49.3 Å². The number of nitrogens with one attached hydrogen (secondary N) is 1. The first-order valence-electron chi connectivity index (χ1n) is 11.9. The molecule has 0 atom stereocenters. The monoisotopic (exact) mass is 457 g/mol. The van der Waals surface area contributed by atoms with Gasteiger partial charge in [0, 0.05) is 50.6 Å². The minimum absolute atomic E-state index is 0.0357. The number of likely N-dealkylation sites (tertiary alicyclic amines) is 1. The molecule has 1 N–H and O–H groups in total. The van der Waals surface area contributed by atoms with Crippen LogP contribution in [0.3, 0.4) is 0 Å². The van der Waals surface area contributed by atoms with Crippen LogP contribution in [-0.2, 0) is 24.9 Å². The molecule has 0 aliphatic carbocycles. The van der Waals surface area contributed by atoms with E-state index in [0.29, 0.717) is 12.4 Å². The third-order valence-electron chi connectivity index (χ3n) is 7.30. The van der Waals surface area contributed by atoms with Gasteiger partial charge in [-0.15, -0.1) is 0 Å². The van der Waals surface area contributed by atoms with Gasteiger partial charge in [0.25, 0.3) is 5.91 Å². The van der Waals surface area contributed by atoms with E-state index in [9.17, 15) is 9.59 Å². The van der Waals surface area contributed by atoms with Gasteiger partial charge in [0.1, 0.15) is 0 Å². The number of anilines is 1. The van der Waals surface area contributed by atoms with E-state index < -0.39 is 5.54 Å². The lowest BCUT2D eigenvalue weighted by Crippen LogP contribution is -2.56. The van der Waals surface area contributed by atoms with Crippen molar-refractivity contribution in [1.29, 1.82) is 0 Å². The van der Waals surface area contributed by atoms with Crippen LogP contribution in [0.2, 0.25) is 0 Å². The normalized spacial score (nSPS) is 17.6. The van der Waals surface area contributed by atoms with Crippen LogP contribution in [-0.4, -0.2) is 50.0 Å². The van der Waals surface area contributed by atoms with Crippen molar-refractivity contribution < 1.29 is 9.59 Å². The van der Waals surface area contributed by atoms with Crippen LogP contribution in [0.5, 0.6) is 0 Å². The molecule has 2 amide bonds. The number of carbonyl (C=O) groups excluding carboxylic acids is 2. The third kappa shape index (κ3) is 4.35. The molecule has 2 aliphatic heterocycles. The van der Waals surface area contributed by atoms with Gasteiger partial charge in [-0.3, -0.25) is 19.2 Å². The number of fused-ring (bicyclic) bond motifs is 1. The molecule has 0 saturated carbocycles. The van der Waals surface area contributed by atoms with E-state index >= 15 is 0 Å². The maximum atomic E-state index is 13.4. The highest BCUT2D eigenvalue weighted by molar-refractivity contribution is 5.99. The molecular weight excluding hydrogens is 426 g/mol. The lowest BCUT2D eigenvalue weighted by atomic mass is 9.82. The van der Waals surface area contributed by atoms with Crippen LogP contribution in [0.25, 0.3) is 0 Å². The summed E-state index contributed by atoms with van der Waals surface area (Å²) in [6.45, 7) is 5.07. The average Bonchev–Trinajstić information content (AvgIpc) is 3.34. The molecule has 0 unspecified atom stereocenters. The van der Waals surface area contributed by atoms with Gasteiger partial charge >= 0.3 is 0 Å². The summed E-state index contributed by atoms with van der Waals surface area (Å²) in [6.07, 6.45) is 1.78. The van der Waals surface area contributed by atoms with Gasteiger partial charge in [0.15, 0.2) is 5.82 Å². The standard InChI is InChI=1S/C27H31N5O2/c1-20-16-24(29-30(20)2)28-25(33)17-27(32-19-22-10-6-7-11-23(22)26(32)34)12-14-31(15-13-27)18-21-8-4-3-5-9-21/h3-11,16H,12-15,17-19H2,1-2H3,(H,28,29,33). The first-order valence-corrected chi connectivity index (χ1v) is 11.9. The van der Waals surface area contributed by atoms with E-state index in [-0.39, 0.29) is 18.2 Å². The van der Waals surface area contributed by atoms with Crippen LogP contribution in [0.1, 0.15) is 46.4 Å². The Balaban J connectivity index is 1.35. The number of hydrogen-bond donors (Lipinski definition) is 1. The molecule has 5 rings (SSSR count). The Morgan fingerprint density at radius 1 is 1.06 bits per heavy atom. The van der Waals surface area contributed by atoms with Gasteiger partial charge in [-0.2, -0.15) is 5.10 Å². The second-order valence-corrected chi connectivity index (χ2v) is 9.55. The smallest absolute Gasteiger partial charge is 0.254 e. The minimum Gasteiger partial charge on any atom is -0.328 e. The summed E-state index contributed by atoms with van der Waals surface area (Å²) in [6, 6.07) is 20.1. The SMILES string of the molecule is Cc1cc(NC(=O)CC2(N3Cc4ccccc4C3=O)CCN(Cc3ccccc3)CC2)nn1C. The molecule has 3 aromatic rings. The molecule has 0 spiro atoms. The predicted molar refractivity (Wildman–Crippen MR) is 131 cm³/mol. The number of nitrogens with zero attached hydrogens (tertiary/aromatic N) is 4. The molecule has 1 fully saturated rings. The molecule has 1 saturated heterocycles. The first kappa shape index (κ1) is 22.3. The number of carbonyl (C=O) groups is 2. The fourth-order valence-corrected chi connectivity index (χ4v) is 5.26. The first-order chi connectivity index (χ1) is 16.4. The van der Waals surface area contributed by atoms with E-state index in [1.807, 2.05) is 55.3 Å². The summed E-state index contributed by atoms with van der Waals surface area (Å²) < 4.78 is 1.74. The van der Waals surface area contributed by atoms with E-state index in [1.54, 1.807) is 4.68 Å². The van der Waals surface area contributed by atoms with E-state index in [4.69, 9.17) is 0 Å². The molecule has 34 heavy (non-hydrogen) atoms. The molecule has 176 valence electrons. The molecule has 2 aliphatic rings. The summed E-state index contributed by atoms with van der Waals surface area (Å²) in [7, 11) is 1.86. The van der Waals surface area contributed by atoms with Gasteiger partial charge < -0.3 is 10.2 Å². The molecule has 3 heterocycles. The Labute approximate surface area is 200 Å². The fraction of sp³-hybridized carbons (Fsp3) is 0.370. The van der Waals surface area contributed by atoms with Gasteiger partial charge in [-0.25, -0.2) is 0 Å². The molecule has 0 bridgehead atoms. The number of amides is 2. The third-order valence-corrected chi connectivity index (χ3v) is 7.30. The number of hydrogen-bond acceptors (Lipinski definition) is 4. The highest BCUT2D eigenvalue weighted by Crippen LogP contribution is 2.39. The second-order valence-electron chi connectivity index (χ2n) is 9.55. The van der Waals surface area contributed by atoms with Crippen LogP contribution in [0.4, 0.5) is 5.82 Å². The summed E-state index contributed by atoms with van der Waals surface area (Å²) in [5.74, 6) is 0.490. The van der Waals surface area contributed by atoms with Crippen molar-refractivity contribution in [1.82, 2.24) is 19.6 Å². The Morgan fingerprint density at radius 3 is 2.44 bits per heavy atom. The van der Waals surface area contributed by atoms with Gasteiger partial charge in [0.05, 0.1) is 12.0 Å². The molecule has 7 nitrogen and oxygen atoms in total. The van der Waals surface area contributed by atoms with Gasteiger partial charge in [0.2, 0.25) is 5.91 Å². The molecular formula is C27H31N5O2. The van der Waals surface area contributed by atoms with Crippen molar-refractivity contribution in [3.05, 3.63) is 83.0 Å². The van der Waals surface area contributed by atoms with Crippen LogP contribution < -0.4 is 5.32 Å². The Bertz CT molecular complexity index is 1180. The maximum Gasteiger partial charge on any atom is 0.254 e. The quantitative estimate of drug-likeness (QED) is 0.612. The van der Waals surface area contributed by atoms with Crippen LogP contribution in [0.15, 0.2) is 60.7 Å². The lowest BCUT2D eigenvalue weighted by molar-refractivity contribution is -0.119. The molecule has 7 heteroatoms. The zero-order chi connectivity index (χ0) is 23.7. The lowest BCUT2D eigenvalue weighted by Gasteiger charge is -2.47. The molecule has 0 radical (unpaired) electrons. The zero-order valence-electron chi connectivity index (χ0n) is 19.8. The van der Waals surface area contributed by atoms with E-state index in [1.165, 1.54) is 5.56 Å². The number of rotatable bonds is 6. The molecule has 2 aromatic carbocycles. The fourth-order valence-electron chi connectivity index (χ4n) is 5.26. The maximum absolute atomic E-state index is 13.4. The van der Waals surface area contributed by atoms with Crippen molar-refractivity contribution in [2.75, 3.05) is 18.4 Å². The van der Waals surface area contributed by atoms with E-state index in [2.05, 4.69) is 39.6 Å². The van der Waals surface area contributed by atoms with Crippen LogP contribution in [0, 0.1) is 6.92 Å². The number of aromatic nitrogens is 2. The Morgan fingerprint density at radius 2 is 1.76 bits per heavy atom. The summed E-state index contributed by atoms with van der Waals surface area (Å²) in [5, 5.41) is 7.33.